The number of carbonyl (C=O) groups excluding carboxylic acids is 1. The highest BCUT2D eigenvalue weighted by Gasteiger charge is 2.20. The topological polar surface area (TPSA) is 91.2 Å². The number of nitrogens with one attached hydrogen (secondary N) is 1. The second-order valence-corrected chi connectivity index (χ2v) is 6.07. The van der Waals surface area contributed by atoms with Crippen LogP contribution in [0.4, 0.5) is 0 Å². The minimum absolute atomic E-state index is 0.145. The highest BCUT2D eigenvalue weighted by molar-refractivity contribution is 6.29. The summed E-state index contributed by atoms with van der Waals surface area (Å²) < 4.78 is 0. The highest BCUT2D eigenvalue weighted by Crippen LogP contribution is 2.16. The van der Waals surface area contributed by atoms with Crippen LogP contribution in [0.3, 0.4) is 0 Å². The van der Waals surface area contributed by atoms with E-state index in [1.54, 1.807) is 6.20 Å². The van der Waals surface area contributed by atoms with Crippen molar-refractivity contribution in [3.8, 4) is 0 Å². The Hall–Kier alpha value is -2.09. The third-order valence-corrected chi connectivity index (χ3v) is 4.10. The molecule has 0 bridgehead atoms. The van der Waals surface area contributed by atoms with Crippen LogP contribution in [0.15, 0.2) is 30.7 Å². The maximum atomic E-state index is 12.0. The number of fused-ring (bicyclic) bond motifs is 1. The highest BCUT2D eigenvalue weighted by atomic mass is 35.5. The minimum Gasteiger partial charge on any atom is -0.390 e. The Morgan fingerprint density at radius 1 is 1.42 bits per heavy atom. The predicted molar refractivity (Wildman–Crippen MR) is 88.6 cm³/mol. The fourth-order valence-electron chi connectivity index (χ4n) is 2.69. The summed E-state index contributed by atoms with van der Waals surface area (Å²) in [7, 11) is 0. The van der Waals surface area contributed by atoms with Crippen molar-refractivity contribution in [3.05, 3.63) is 52.8 Å². The largest absolute Gasteiger partial charge is 0.390 e. The fourth-order valence-corrected chi connectivity index (χ4v) is 2.83. The molecule has 0 saturated heterocycles. The molecule has 2 N–H and O–H groups in total. The average Bonchev–Trinajstić information content (AvgIpc) is 2.59. The van der Waals surface area contributed by atoms with E-state index in [1.165, 1.54) is 18.0 Å². The molecular formula is C16H18ClN5O2. The van der Waals surface area contributed by atoms with Crippen LogP contribution in [0.1, 0.15) is 21.7 Å². The zero-order chi connectivity index (χ0) is 16.9. The number of rotatable bonds is 5. The van der Waals surface area contributed by atoms with Gasteiger partial charge in [-0.1, -0.05) is 17.7 Å². The second kappa shape index (κ2) is 7.65. The summed E-state index contributed by atoms with van der Waals surface area (Å²) in [5, 5.41) is 13.0. The van der Waals surface area contributed by atoms with E-state index < -0.39 is 6.10 Å². The Morgan fingerprint density at radius 3 is 3.12 bits per heavy atom. The number of hydrogen-bond acceptors (Lipinski definition) is 6. The molecule has 1 aliphatic heterocycles. The summed E-state index contributed by atoms with van der Waals surface area (Å²) in [5.74, 6) is -0.385. The summed E-state index contributed by atoms with van der Waals surface area (Å²) >= 11 is 5.73. The number of aliphatic hydroxyl groups is 1. The van der Waals surface area contributed by atoms with Crippen molar-refractivity contribution in [2.75, 3.05) is 19.6 Å². The van der Waals surface area contributed by atoms with Crippen LogP contribution in [0.2, 0.25) is 5.15 Å². The lowest BCUT2D eigenvalue weighted by molar-refractivity contribution is 0.0835. The molecule has 0 fully saturated rings. The van der Waals surface area contributed by atoms with E-state index in [4.69, 9.17) is 11.6 Å². The monoisotopic (exact) mass is 347 g/mol. The van der Waals surface area contributed by atoms with E-state index in [1.807, 2.05) is 6.07 Å². The Kier molecular flexibility index (Phi) is 5.34. The van der Waals surface area contributed by atoms with Crippen molar-refractivity contribution in [2.24, 2.45) is 0 Å². The SMILES string of the molecule is O=C(NC[C@H](O)CN1CCc2cccnc2C1)c1cc(Cl)ncn1. The Labute approximate surface area is 144 Å². The van der Waals surface area contributed by atoms with Gasteiger partial charge >= 0.3 is 0 Å². The molecule has 7 nitrogen and oxygen atoms in total. The first-order chi connectivity index (χ1) is 11.6. The van der Waals surface area contributed by atoms with Crippen molar-refractivity contribution in [1.29, 1.82) is 0 Å². The van der Waals surface area contributed by atoms with Gasteiger partial charge in [0.15, 0.2) is 0 Å². The van der Waals surface area contributed by atoms with Gasteiger partial charge in [0.25, 0.3) is 5.91 Å². The molecule has 3 rings (SSSR count). The van der Waals surface area contributed by atoms with E-state index in [-0.39, 0.29) is 23.3 Å². The van der Waals surface area contributed by atoms with Crippen molar-refractivity contribution in [2.45, 2.75) is 19.1 Å². The van der Waals surface area contributed by atoms with Crippen molar-refractivity contribution in [1.82, 2.24) is 25.2 Å². The molecule has 8 heteroatoms. The number of pyridine rings is 1. The zero-order valence-corrected chi connectivity index (χ0v) is 13.8. The third-order valence-electron chi connectivity index (χ3n) is 3.89. The van der Waals surface area contributed by atoms with Gasteiger partial charge in [-0.25, -0.2) is 9.97 Å². The molecule has 2 aromatic heterocycles. The quantitative estimate of drug-likeness (QED) is 0.773. The molecule has 3 heterocycles. The Morgan fingerprint density at radius 2 is 2.29 bits per heavy atom. The van der Waals surface area contributed by atoms with Gasteiger partial charge in [0.1, 0.15) is 17.2 Å². The summed E-state index contributed by atoms with van der Waals surface area (Å²) in [6.07, 6.45) is 3.26. The van der Waals surface area contributed by atoms with Gasteiger partial charge in [0, 0.05) is 38.4 Å². The first-order valence-electron chi connectivity index (χ1n) is 7.71. The number of β-amino-alcohol motifs (C(OH)–C–C–N with tert-alkyl or cyclic N) is 1. The summed E-state index contributed by atoms with van der Waals surface area (Å²) in [6, 6.07) is 5.41. The van der Waals surface area contributed by atoms with Gasteiger partial charge in [-0.3, -0.25) is 14.7 Å². The molecule has 1 aliphatic rings. The molecule has 0 radical (unpaired) electrons. The first-order valence-corrected chi connectivity index (χ1v) is 8.08. The van der Waals surface area contributed by atoms with Crippen LogP contribution in [-0.2, 0) is 13.0 Å². The molecule has 0 saturated carbocycles. The van der Waals surface area contributed by atoms with Crippen molar-refractivity contribution in [3.63, 3.8) is 0 Å². The lowest BCUT2D eigenvalue weighted by Crippen LogP contribution is -2.42. The van der Waals surface area contributed by atoms with Crippen LogP contribution in [0, 0.1) is 0 Å². The number of amides is 1. The number of carbonyl (C=O) groups is 1. The van der Waals surface area contributed by atoms with E-state index in [9.17, 15) is 9.90 Å². The second-order valence-electron chi connectivity index (χ2n) is 5.68. The van der Waals surface area contributed by atoms with E-state index >= 15 is 0 Å². The molecule has 0 aromatic carbocycles. The minimum atomic E-state index is -0.670. The van der Waals surface area contributed by atoms with Crippen molar-refractivity contribution >= 4 is 17.5 Å². The van der Waals surface area contributed by atoms with Gasteiger partial charge in [-0.2, -0.15) is 0 Å². The van der Waals surface area contributed by atoms with Gasteiger partial charge in [-0.15, -0.1) is 0 Å². The third kappa shape index (κ3) is 4.25. The number of hydrogen-bond donors (Lipinski definition) is 2. The molecule has 0 unspecified atom stereocenters. The molecule has 0 aliphatic carbocycles. The van der Waals surface area contributed by atoms with Gasteiger partial charge in [-0.05, 0) is 18.1 Å². The molecule has 1 atom stereocenters. The van der Waals surface area contributed by atoms with E-state index in [0.717, 1.165) is 18.7 Å². The lowest BCUT2D eigenvalue weighted by atomic mass is 10.1. The van der Waals surface area contributed by atoms with Crippen LogP contribution < -0.4 is 5.32 Å². The smallest absolute Gasteiger partial charge is 0.270 e. The predicted octanol–water partition coefficient (Wildman–Crippen LogP) is 0.674. The molecule has 0 spiro atoms. The number of nitrogens with zero attached hydrogens (tertiary/aromatic N) is 4. The zero-order valence-electron chi connectivity index (χ0n) is 13.0. The summed E-state index contributed by atoms with van der Waals surface area (Å²) in [5.41, 5.74) is 2.49. The van der Waals surface area contributed by atoms with Crippen LogP contribution in [0.25, 0.3) is 0 Å². The molecule has 24 heavy (non-hydrogen) atoms. The Balaban J connectivity index is 1.48. The van der Waals surface area contributed by atoms with Gasteiger partial charge in [0.2, 0.25) is 0 Å². The molecule has 126 valence electrons. The molecular weight excluding hydrogens is 330 g/mol. The normalized spacial score (nSPS) is 15.6. The average molecular weight is 348 g/mol. The van der Waals surface area contributed by atoms with E-state index in [0.29, 0.717) is 13.1 Å². The number of aromatic nitrogens is 3. The van der Waals surface area contributed by atoms with Crippen LogP contribution >= 0.6 is 11.6 Å². The van der Waals surface area contributed by atoms with Crippen LogP contribution in [0.5, 0.6) is 0 Å². The van der Waals surface area contributed by atoms with Crippen LogP contribution in [-0.4, -0.2) is 56.6 Å². The lowest BCUT2D eigenvalue weighted by Gasteiger charge is -2.29. The number of aliphatic hydroxyl groups excluding tert-OH is 1. The maximum Gasteiger partial charge on any atom is 0.270 e. The van der Waals surface area contributed by atoms with Gasteiger partial charge in [0.05, 0.1) is 11.8 Å². The molecule has 2 aromatic rings. The standard InChI is InChI=1S/C16H18ClN5O2/c17-15-6-13(20-10-21-15)16(24)19-7-12(23)8-22-5-3-11-2-1-4-18-14(11)9-22/h1-2,4,6,10,12,23H,3,5,7-9H2,(H,19,24)/t12-/m0/s1. The maximum absolute atomic E-state index is 12.0. The number of halogens is 1. The molecule has 1 amide bonds. The summed E-state index contributed by atoms with van der Waals surface area (Å²) in [6.45, 7) is 2.20. The fraction of sp³-hybridized carbons (Fsp3) is 0.375. The Bertz CT molecular complexity index is 727. The summed E-state index contributed by atoms with van der Waals surface area (Å²) in [4.78, 5) is 26.1. The van der Waals surface area contributed by atoms with E-state index in [2.05, 4.69) is 31.2 Å². The van der Waals surface area contributed by atoms with Gasteiger partial charge < -0.3 is 10.4 Å². The van der Waals surface area contributed by atoms with Crippen molar-refractivity contribution < 1.29 is 9.90 Å². The first kappa shape index (κ1) is 16.8.